The summed E-state index contributed by atoms with van der Waals surface area (Å²) >= 11 is 8.01. The smallest absolute Gasteiger partial charge is 0.224 e. The second kappa shape index (κ2) is 11.6. The van der Waals surface area contributed by atoms with Gasteiger partial charge in [-0.2, -0.15) is 11.8 Å². The van der Waals surface area contributed by atoms with Gasteiger partial charge in [-0.05, 0) is 17.7 Å². The zero-order valence-electron chi connectivity index (χ0n) is 14.5. The van der Waals surface area contributed by atoms with Gasteiger partial charge >= 0.3 is 0 Å². The molecule has 2 aliphatic rings. The molecule has 1 aromatic carbocycles. The monoisotopic (exact) mass is 443 g/mol. The maximum Gasteiger partial charge on any atom is 0.224 e. The summed E-state index contributed by atoms with van der Waals surface area (Å²) in [5, 5.41) is 3.88. The van der Waals surface area contributed by atoms with E-state index in [2.05, 4.69) is 10.2 Å². The molecule has 2 fully saturated rings. The van der Waals surface area contributed by atoms with Gasteiger partial charge in [-0.25, -0.2) is 4.39 Å². The van der Waals surface area contributed by atoms with Crippen LogP contribution in [0.15, 0.2) is 18.2 Å². The maximum absolute atomic E-state index is 13.1. The van der Waals surface area contributed by atoms with Crippen LogP contribution in [0.2, 0.25) is 5.02 Å². The third kappa shape index (κ3) is 6.73. The molecule has 4 nitrogen and oxygen atoms in total. The number of hydrogen-bond acceptors (Lipinski definition) is 4. The van der Waals surface area contributed by atoms with E-state index in [4.69, 9.17) is 11.6 Å². The molecule has 0 bridgehead atoms. The van der Waals surface area contributed by atoms with Gasteiger partial charge in [-0.15, -0.1) is 24.8 Å². The first-order valence-electron chi connectivity index (χ1n) is 8.37. The Labute approximate surface area is 176 Å². The lowest BCUT2D eigenvalue weighted by Crippen LogP contribution is -2.50. The highest BCUT2D eigenvalue weighted by atomic mass is 35.5. The molecule has 0 saturated carbocycles. The molecule has 2 heterocycles. The minimum absolute atomic E-state index is 0. The summed E-state index contributed by atoms with van der Waals surface area (Å²) in [6, 6.07) is 4.84. The predicted octanol–water partition coefficient (Wildman–Crippen LogP) is 3.06. The van der Waals surface area contributed by atoms with Gasteiger partial charge in [0.2, 0.25) is 5.91 Å². The van der Waals surface area contributed by atoms with Crippen LogP contribution in [0.3, 0.4) is 0 Å². The number of thioether (sulfide) groups is 1. The van der Waals surface area contributed by atoms with Crippen LogP contribution in [0.25, 0.3) is 0 Å². The molecule has 26 heavy (non-hydrogen) atoms. The Morgan fingerprint density at radius 2 is 2.00 bits per heavy atom. The van der Waals surface area contributed by atoms with E-state index in [0.29, 0.717) is 24.0 Å². The van der Waals surface area contributed by atoms with Crippen molar-refractivity contribution >= 4 is 54.1 Å². The number of nitrogens with one attached hydrogen (secondary N) is 1. The fourth-order valence-corrected chi connectivity index (χ4v) is 4.31. The Balaban J connectivity index is 0.00000169. The van der Waals surface area contributed by atoms with E-state index >= 15 is 0 Å². The van der Waals surface area contributed by atoms with Gasteiger partial charge in [0, 0.05) is 68.3 Å². The quantitative estimate of drug-likeness (QED) is 0.774. The number of halogens is 4. The highest BCUT2D eigenvalue weighted by Crippen LogP contribution is 2.20. The van der Waals surface area contributed by atoms with E-state index in [9.17, 15) is 9.18 Å². The van der Waals surface area contributed by atoms with Crippen molar-refractivity contribution in [2.75, 3.05) is 44.2 Å². The predicted molar refractivity (Wildman–Crippen MR) is 111 cm³/mol. The zero-order valence-corrected chi connectivity index (χ0v) is 17.7. The van der Waals surface area contributed by atoms with Gasteiger partial charge in [0.25, 0.3) is 0 Å². The molecule has 0 radical (unpaired) electrons. The maximum atomic E-state index is 13.1. The van der Waals surface area contributed by atoms with Crippen molar-refractivity contribution in [3.8, 4) is 0 Å². The van der Waals surface area contributed by atoms with Crippen LogP contribution >= 0.6 is 48.2 Å². The minimum atomic E-state index is -0.311. The second-order valence-corrected chi connectivity index (χ2v) is 7.88. The first kappa shape index (κ1) is 23.8. The first-order valence-corrected chi connectivity index (χ1v) is 9.90. The van der Waals surface area contributed by atoms with Crippen LogP contribution in [0.5, 0.6) is 0 Å². The number of nitrogens with zero attached hydrogens (tertiary/aromatic N) is 2. The fourth-order valence-electron chi connectivity index (χ4n) is 3.14. The summed E-state index contributed by atoms with van der Waals surface area (Å²) in [6.07, 6.45) is 0.594. The molecule has 2 saturated heterocycles. The van der Waals surface area contributed by atoms with Crippen molar-refractivity contribution in [1.29, 1.82) is 0 Å². The Morgan fingerprint density at radius 1 is 1.27 bits per heavy atom. The summed E-state index contributed by atoms with van der Waals surface area (Å²) in [4.78, 5) is 16.6. The molecule has 3 rings (SSSR count). The van der Waals surface area contributed by atoms with Crippen LogP contribution in [-0.4, -0.2) is 66.0 Å². The molecule has 1 atom stereocenters. The van der Waals surface area contributed by atoms with Crippen LogP contribution in [0.1, 0.15) is 12.0 Å². The molecular formula is C17H25Cl3FN3OS. The van der Waals surface area contributed by atoms with E-state index in [1.54, 1.807) is 6.07 Å². The standard InChI is InChI=1S/C17H23ClFN3OS.2ClH/c18-16-9-14(19)2-1-13(16)11-21-4-6-22(7-5-21)17(23)10-15-12-24-8-3-20-15;;/h1-2,9,15,20H,3-8,10-12H2;2*1H. The number of amides is 1. The van der Waals surface area contributed by atoms with Crippen molar-refractivity contribution in [3.05, 3.63) is 34.6 Å². The number of carbonyl (C=O) groups excluding carboxylic acids is 1. The first-order chi connectivity index (χ1) is 11.6. The third-order valence-corrected chi connectivity index (χ3v) is 6.04. The normalized spacial score (nSPS) is 20.8. The van der Waals surface area contributed by atoms with E-state index in [0.717, 1.165) is 49.8 Å². The number of hydrogen-bond donors (Lipinski definition) is 1. The number of carbonyl (C=O) groups is 1. The van der Waals surface area contributed by atoms with E-state index < -0.39 is 0 Å². The van der Waals surface area contributed by atoms with Gasteiger partial charge in [0.1, 0.15) is 5.82 Å². The molecule has 0 spiro atoms. The summed E-state index contributed by atoms with van der Waals surface area (Å²) in [5.74, 6) is 2.09. The highest BCUT2D eigenvalue weighted by molar-refractivity contribution is 7.99. The van der Waals surface area contributed by atoms with Crippen LogP contribution in [-0.2, 0) is 11.3 Å². The minimum Gasteiger partial charge on any atom is -0.340 e. The lowest BCUT2D eigenvalue weighted by molar-refractivity contribution is -0.133. The lowest BCUT2D eigenvalue weighted by Gasteiger charge is -2.36. The molecule has 0 aliphatic carbocycles. The molecule has 2 aliphatic heterocycles. The lowest BCUT2D eigenvalue weighted by atomic mass is 10.1. The van der Waals surface area contributed by atoms with E-state index in [-0.39, 0.29) is 36.5 Å². The SMILES string of the molecule is Cl.Cl.O=C(CC1CSCCN1)N1CCN(Cc2ccc(F)cc2Cl)CC1. The third-order valence-electron chi connectivity index (χ3n) is 4.55. The zero-order chi connectivity index (χ0) is 16.9. The van der Waals surface area contributed by atoms with Gasteiger partial charge in [0.15, 0.2) is 0 Å². The van der Waals surface area contributed by atoms with Crippen molar-refractivity contribution in [2.24, 2.45) is 0 Å². The van der Waals surface area contributed by atoms with Gasteiger partial charge in [-0.3, -0.25) is 9.69 Å². The van der Waals surface area contributed by atoms with Crippen molar-refractivity contribution in [1.82, 2.24) is 15.1 Å². The van der Waals surface area contributed by atoms with Crippen LogP contribution in [0, 0.1) is 5.82 Å². The topological polar surface area (TPSA) is 35.6 Å². The Bertz CT molecular complexity index is 582. The second-order valence-electron chi connectivity index (χ2n) is 6.32. The number of rotatable bonds is 4. The Morgan fingerprint density at radius 3 is 2.62 bits per heavy atom. The summed E-state index contributed by atoms with van der Waals surface area (Å²) < 4.78 is 13.1. The molecule has 1 unspecified atom stereocenters. The average Bonchev–Trinajstić information content (AvgIpc) is 2.59. The number of piperazine rings is 1. The molecule has 1 amide bonds. The largest absolute Gasteiger partial charge is 0.340 e. The molecule has 0 aromatic heterocycles. The Kier molecular flexibility index (Phi) is 10.6. The van der Waals surface area contributed by atoms with Gasteiger partial charge in [0.05, 0.1) is 0 Å². The summed E-state index contributed by atoms with van der Waals surface area (Å²) in [6.45, 7) is 4.84. The van der Waals surface area contributed by atoms with E-state index in [1.807, 2.05) is 16.7 Å². The van der Waals surface area contributed by atoms with Crippen molar-refractivity contribution < 1.29 is 9.18 Å². The molecule has 9 heteroatoms. The van der Waals surface area contributed by atoms with Crippen molar-refractivity contribution in [3.63, 3.8) is 0 Å². The summed E-state index contributed by atoms with van der Waals surface area (Å²) in [7, 11) is 0. The number of benzene rings is 1. The van der Waals surface area contributed by atoms with Crippen molar-refractivity contribution in [2.45, 2.75) is 19.0 Å². The molecular weight excluding hydrogens is 420 g/mol. The highest BCUT2D eigenvalue weighted by Gasteiger charge is 2.24. The molecule has 1 N–H and O–H groups in total. The van der Waals surface area contributed by atoms with Gasteiger partial charge in [-0.1, -0.05) is 17.7 Å². The fraction of sp³-hybridized carbons (Fsp3) is 0.588. The molecule has 148 valence electrons. The average molecular weight is 445 g/mol. The Hall–Kier alpha value is -0.240. The van der Waals surface area contributed by atoms with Crippen LogP contribution in [0.4, 0.5) is 4.39 Å². The van der Waals surface area contributed by atoms with Crippen LogP contribution < -0.4 is 5.32 Å². The van der Waals surface area contributed by atoms with E-state index in [1.165, 1.54) is 12.1 Å². The van der Waals surface area contributed by atoms with Gasteiger partial charge < -0.3 is 10.2 Å². The molecule has 1 aromatic rings. The summed E-state index contributed by atoms with van der Waals surface area (Å²) in [5.41, 5.74) is 0.932.